The first-order valence-corrected chi connectivity index (χ1v) is 12.7. The van der Waals surface area contributed by atoms with Gasteiger partial charge in [-0.15, -0.1) is 0 Å². The van der Waals surface area contributed by atoms with Crippen LogP contribution in [0.25, 0.3) is 10.9 Å². The molecule has 1 aromatic carbocycles. The minimum absolute atomic E-state index is 0.247. The summed E-state index contributed by atoms with van der Waals surface area (Å²) in [6.45, 7) is 4.95. The van der Waals surface area contributed by atoms with E-state index in [9.17, 15) is 9.90 Å². The van der Waals surface area contributed by atoms with Gasteiger partial charge in [0.05, 0.1) is 18.5 Å². The number of unbranched alkanes of at least 4 members (excludes halogenated alkanes) is 1. The number of fused-ring (bicyclic) bond motifs is 1. The van der Waals surface area contributed by atoms with Gasteiger partial charge in [-0.05, 0) is 80.1 Å². The number of piperidine rings is 1. The molecule has 1 fully saturated rings. The Hall–Kier alpha value is -1.79. The zero-order chi connectivity index (χ0) is 22.1. The average Bonchev–Trinajstić information content (AvgIpc) is 2.79. The van der Waals surface area contributed by atoms with Crippen molar-refractivity contribution in [1.29, 1.82) is 0 Å². The second-order valence-corrected chi connectivity index (χ2v) is 9.73. The zero-order valence-corrected chi connectivity index (χ0v) is 19.7. The molecule has 2 aromatic rings. The lowest BCUT2D eigenvalue weighted by Crippen LogP contribution is -2.44. The summed E-state index contributed by atoms with van der Waals surface area (Å²) in [5.74, 6) is 2.55. The lowest BCUT2D eigenvalue weighted by atomic mass is 9.81. The van der Waals surface area contributed by atoms with Gasteiger partial charge in [0, 0.05) is 30.4 Å². The molecule has 1 N–H and O–H groups in total. The molecule has 2 atom stereocenters. The van der Waals surface area contributed by atoms with E-state index in [2.05, 4.69) is 28.9 Å². The first-order chi connectivity index (χ1) is 15.1. The van der Waals surface area contributed by atoms with Gasteiger partial charge < -0.3 is 14.7 Å². The number of thioether (sulfide) groups is 1. The molecule has 0 bridgehead atoms. The minimum atomic E-state index is -0.632. The van der Waals surface area contributed by atoms with Crippen LogP contribution in [0.5, 0.6) is 5.75 Å². The Labute approximate surface area is 190 Å². The SMILES string of the molecule is CCCCSCCN1CC[C@@H](CCCc2ccnc3ccc(OC)cc23)[C@@H](C(=O)O)C1. The Morgan fingerprint density at radius 1 is 1.29 bits per heavy atom. The number of likely N-dealkylation sites (tertiary alicyclic amines) is 1. The third kappa shape index (κ3) is 6.84. The van der Waals surface area contributed by atoms with Crippen LogP contribution in [0.1, 0.15) is 44.6 Å². The molecule has 0 radical (unpaired) electrons. The van der Waals surface area contributed by atoms with E-state index in [-0.39, 0.29) is 11.8 Å². The number of aryl methyl sites for hydroxylation is 1. The third-order valence-electron chi connectivity index (χ3n) is 6.41. The maximum Gasteiger partial charge on any atom is 0.308 e. The first-order valence-electron chi connectivity index (χ1n) is 11.6. The molecule has 5 nitrogen and oxygen atoms in total. The van der Waals surface area contributed by atoms with Gasteiger partial charge in [-0.2, -0.15) is 11.8 Å². The molecule has 1 saturated heterocycles. The molecule has 0 saturated carbocycles. The number of aliphatic carboxylic acids is 1. The van der Waals surface area contributed by atoms with Crippen molar-refractivity contribution in [3.05, 3.63) is 36.0 Å². The second kappa shape index (κ2) is 12.3. The van der Waals surface area contributed by atoms with Crippen LogP contribution in [0.2, 0.25) is 0 Å². The molecular weight excluding hydrogens is 408 g/mol. The van der Waals surface area contributed by atoms with E-state index < -0.39 is 5.97 Å². The number of hydrogen-bond donors (Lipinski definition) is 1. The quantitative estimate of drug-likeness (QED) is 0.458. The van der Waals surface area contributed by atoms with E-state index in [1.807, 2.05) is 30.1 Å². The van der Waals surface area contributed by atoms with E-state index in [1.165, 1.54) is 24.2 Å². The number of carbonyl (C=O) groups is 1. The predicted molar refractivity (Wildman–Crippen MR) is 129 cm³/mol. The van der Waals surface area contributed by atoms with Gasteiger partial charge in [0.1, 0.15) is 5.75 Å². The summed E-state index contributed by atoms with van der Waals surface area (Å²) in [6.07, 6.45) is 8.25. The fourth-order valence-corrected chi connectivity index (χ4v) is 5.60. The number of ether oxygens (including phenoxy) is 1. The number of carboxylic acid groups (broad SMARTS) is 1. The summed E-state index contributed by atoms with van der Waals surface area (Å²) in [5.41, 5.74) is 2.24. The largest absolute Gasteiger partial charge is 0.497 e. The van der Waals surface area contributed by atoms with Crippen molar-refractivity contribution in [1.82, 2.24) is 9.88 Å². The maximum absolute atomic E-state index is 11.9. The van der Waals surface area contributed by atoms with Crippen LogP contribution < -0.4 is 4.74 Å². The number of aromatic nitrogens is 1. The van der Waals surface area contributed by atoms with Crippen molar-refractivity contribution in [3.63, 3.8) is 0 Å². The van der Waals surface area contributed by atoms with Gasteiger partial charge in [0.15, 0.2) is 0 Å². The number of methoxy groups -OCH3 is 1. The van der Waals surface area contributed by atoms with Gasteiger partial charge in [-0.1, -0.05) is 13.3 Å². The summed E-state index contributed by atoms with van der Waals surface area (Å²) in [5, 5.41) is 11.0. The lowest BCUT2D eigenvalue weighted by Gasteiger charge is -2.36. The van der Waals surface area contributed by atoms with Crippen molar-refractivity contribution >= 4 is 28.6 Å². The first kappa shape index (κ1) is 23.9. The zero-order valence-electron chi connectivity index (χ0n) is 18.9. The molecule has 170 valence electrons. The molecule has 0 spiro atoms. The Kier molecular flexibility index (Phi) is 9.47. The van der Waals surface area contributed by atoms with Crippen molar-refractivity contribution in [3.8, 4) is 5.75 Å². The van der Waals surface area contributed by atoms with Crippen LogP contribution in [-0.2, 0) is 11.2 Å². The fourth-order valence-electron chi connectivity index (χ4n) is 4.52. The van der Waals surface area contributed by atoms with Crippen molar-refractivity contribution < 1.29 is 14.6 Å². The Morgan fingerprint density at radius 2 is 2.16 bits per heavy atom. The van der Waals surface area contributed by atoms with Crippen LogP contribution in [-0.4, -0.2) is 59.2 Å². The molecule has 1 aromatic heterocycles. The number of nitrogens with zero attached hydrogens (tertiary/aromatic N) is 2. The number of pyridine rings is 1. The fraction of sp³-hybridized carbons (Fsp3) is 0.600. The maximum atomic E-state index is 11.9. The molecule has 2 heterocycles. The Morgan fingerprint density at radius 3 is 2.94 bits per heavy atom. The molecule has 0 aliphatic carbocycles. The third-order valence-corrected chi connectivity index (χ3v) is 7.46. The lowest BCUT2D eigenvalue weighted by molar-refractivity contribution is -0.146. The standard InChI is InChI=1S/C25H36N2O3S/c1-3-4-15-31-16-14-27-13-11-20(23(18-27)25(28)29)7-5-6-19-10-12-26-24-9-8-21(30-2)17-22(19)24/h8-10,12,17,20,23H,3-7,11,13-16,18H2,1-2H3,(H,28,29)/t20-,23+/m1/s1. The van der Waals surface area contributed by atoms with Crippen LogP contribution in [0.15, 0.2) is 30.5 Å². The van der Waals surface area contributed by atoms with E-state index in [1.54, 1.807) is 7.11 Å². The van der Waals surface area contributed by atoms with Crippen molar-refractivity contribution in [2.75, 3.05) is 38.2 Å². The molecule has 0 amide bonds. The highest BCUT2D eigenvalue weighted by atomic mass is 32.2. The van der Waals surface area contributed by atoms with Crippen molar-refractivity contribution in [2.24, 2.45) is 11.8 Å². The van der Waals surface area contributed by atoms with E-state index >= 15 is 0 Å². The molecule has 1 aliphatic heterocycles. The summed E-state index contributed by atoms with van der Waals surface area (Å²) in [6, 6.07) is 8.06. The molecule has 1 aliphatic rings. The Bertz CT molecular complexity index is 845. The summed E-state index contributed by atoms with van der Waals surface area (Å²) >= 11 is 1.99. The van der Waals surface area contributed by atoms with Gasteiger partial charge >= 0.3 is 5.97 Å². The van der Waals surface area contributed by atoms with Gasteiger partial charge in [-0.3, -0.25) is 9.78 Å². The minimum Gasteiger partial charge on any atom is -0.497 e. The van der Waals surface area contributed by atoms with Crippen LogP contribution in [0.4, 0.5) is 0 Å². The molecular formula is C25H36N2O3S. The van der Waals surface area contributed by atoms with Gasteiger partial charge in [0.25, 0.3) is 0 Å². The monoisotopic (exact) mass is 444 g/mol. The highest BCUT2D eigenvalue weighted by molar-refractivity contribution is 7.99. The van der Waals surface area contributed by atoms with Crippen molar-refractivity contribution in [2.45, 2.75) is 45.4 Å². The highest BCUT2D eigenvalue weighted by Crippen LogP contribution is 2.30. The normalized spacial score (nSPS) is 19.5. The van der Waals surface area contributed by atoms with E-state index in [0.29, 0.717) is 6.54 Å². The number of carboxylic acids is 1. The number of hydrogen-bond acceptors (Lipinski definition) is 5. The van der Waals surface area contributed by atoms with Crippen LogP contribution in [0, 0.1) is 11.8 Å². The van der Waals surface area contributed by atoms with E-state index in [0.717, 1.165) is 61.2 Å². The smallest absolute Gasteiger partial charge is 0.308 e. The highest BCUT2D eigenvalue weighted by Gasteiger charge is 2.33. The summed E-state index contributed by atoms with van der Waals surface area (Å²) in [7, 11) is 1.68. The van der Waals surface area contributed by atoms with E-state index in [4.69, 9.17) is 4.74 Å². The number of rotatable bonds is 12. The number of benzene rings is 1. The van der Waals surface area contributed by atoms with Crippen LogP contribution >= 0.6 is 11.8 Å². The Balaban J connectivity index is 1.52. The average molecular weight is 445 g/mol. The van der Waals surface area contributed by atoms with Crippen LogP contribution in [0.3, 0.4) is 0 Å². The molecule has 6 heteroatoms. The predicted octanol–water partition coefficient (Wildman–Crippen LogP) is 5.12. The topological polar surface area (TPSA) is 62.7 Å². The summed E-state index contributed by atoms with van der Waals surface area (Å²) in [4.78, 5) is 18.8. The van der Waals surface area contributed by atoms with Gasteiger partial charge in [-0.25, -0.2) is 0 Å². The summed E-state index contributed by atoms with van der Waals surface area (Å²) < 4.78 is 5.38. The molecule has 31 heavy (non-hydrogen) atoms. The second-order valence-electron chi connectivity index (χ2n) is 8.51. The van der Waals surface area contributed by atoms with Gasteiger partial charge in [0.2, 0.25) is 0 Å². The molecule has 3 rings (SSSR count). The molecule has 0 unspecified atom stereocenters.